The fraction of sp³-hybridized carbons (Fsp3) is 0. The van der Waals surface area contributed by atoms with Crippen LogP contribution in [0.2, 0.25) is 0 Å². The number of hydrazone groups is 1. The van der Waals surface area contributed by atoms with Gasteiger partial charge in [0, 0.05) is 6.07 Å². The zero-order chi connectivity index (χ0) is 15.9. The second-order valence-electron chi connectivity index (χ2n) is 4.18. The number of rotatable bonds is 4. The quantitative estimate of drug-likeness (QED) is 0.528. The molecule has 0 atom stereocenters. The fourth-order valence-corrected chi connectivity index (χ4v) is 1.73. The summed E-state index contributed by atoms with van der Waals surface area (Å²) in [5.74, 6) is 0. The van der Waals surface area contributed by atoms with Gasteiger partial charge in [0.15, 0.2) is 0 Å². The Balaban J connectivity index is 2.34. The molecule has 1 N–H and O–H groups in total. The Bertz CT molecular complexity index is 816. The highest BCUT2D eigenvalue weighted by Crippen LogP contribution is 2.28. The molecule has 2 aromatic carbocycles. The highest BCUT2D eigenvalue weighted by molar-refractivity contribution is 5.80. The number of nitrogens with one attached hydrogen (secondary N) is 1. The first-order chi connectivity index (χ1) is 10.7. The van der Waals surface area contributed by atoms with Crippen LogP contribution in [0.15, 0.2) is 47.6 Å². The van der Waals surface area contributed by atoms with Crippen molar-refractivity contribution in [2.75, 3.05) is 5.43 Å². The molecule has 0 aliphatic rings. The Morgan fingerprint density at radius 2 is 1.77 bits per heavy atom. The van der Waals surface area contributed by atoms with Crippen molar-refractivity contribution in [2.45, 2.75) is 0 Å². The molecule has 7 heteroatoms. The molecule has 0 fully saturated rings. The van der Waals surface area contributed by atoms with Gasteiger partial charge in [0.2, 0.25) is 0 Å². The number of hydrogen-bond acceptors (Lipinski definition) is 6. The van der Waals surface area contributed by atoms with Crippen molar-refractivity contribution in [3.8, 4) is 12.1 Å². The fourth-order valence-electron chi connectivity index (χ4n) is 1.73. The van der Waals surface area contributed by atoms with Crippen LogP contribution in [0.1, 0.15) is 16.7 Å². The van der Waals surface area contributed by atoms with Crippen LogP contribution in [0.25, 0.3) is 0 Å². The lowest BCUT2D eigenvalue weighted by molar-refractivity contribution is -0.384. The summed E-state index contributed by atoms with van der Waals surface area (Å²) in [6.45, 7) is 0. The minimum Gasteiger partial charge on any atom is -0.272 e. The molecule has 0 heterocycles. The molecule has 0 unspecified atom stereocenters. The first-order valence-electron chi connectivity index (χ1n) is 6.12. The van der Waals surface area contributed by atoms with E-state index in [1.165, 1.54) is 12.3 Å². The smallest absolute Gasteiger partial charge is 0.272 e. The van der Waals surface area contributed by atoms with Crippen LogP contribution in [0.4, 0.5) is 11.4 Å². The summed E-state index contributed by atoms with van der Waals surface area (Å²) in [5, 5.41) is 32.8. The van der Waals surface area contributed by atoms with E-state index in [2.05, 4.69) is 10.5 Å². The molecule has 0 aromatic heterocycles. The van der Waals surface area contributed by atoms with E-state index in [-0.39, 0.29) is 22.5 Å². The van der Waals surface area contributed by atoms with Crippen molar-refractivity contribution in [1.29, 1.82) is 10.5 Å². The van der Waals surface area contributed by atoms with Crippen molar-refractivity contribution in [2.24, 2.45) is 5.10 Å². The van der Waals surface area contributed by atoms with Crippen LogP contribution in [0.5, 0.6) is 0 Å². The Morgan fingerprint density at radius 3 is 2.36 bits per heavy atom. The molecule has 106 valence electrons. The van der Waals surface area contributed by atoms with Crippen molar-refractivity contribution in [1.82, 2.24) is 0 Å². The third kappa shape index (κ3) is 3.24. The number of nitrogens with zero attached hydrogens (tertiary/aromatic N) is 4. The van der Waals surface area contributed by atoms with Gasteiger partial charge in [-0.15, -0.1) is 0 Å². The predicted octanol–water partition coefficient (Wildman–Crippen LogP) is 2.78. The molecule has 22 heavy (non-hydrogen) atoms. The maximum absolute atomic E-state index is 11.0. The molecule has 0 bridgehead atoms. The Labute approximate surface area is 125 Å². The summed E-state index contributed by atoms with van der Waals surface area (Å²) < 4.78 is 0. The van der Waals surface area contributed by atoms with E-state index < -0.39 is 4.92 Å². The lowest BCUT2D eigenvalue weighted by Crippen LogP contribution is -1.99. The molecule has 0 amide bonds. The summed E-state index contributed by atoms with van der Waals surface area (Å²) >= 11 is 0. The number of hydrogen-bond donors (Lipinski definition) is 1. The zero-order valence-corrected chi connectivity index (χ0v) is 11.2. The molecular formula is C15H9N5O2. The third-order valence-corrected chi connectivity index (χ3v) is 2.77. The Hall–Kier alpha value is -3.71. The number of nitriles is 2. The lowest BCUT2D eigenvalue weighted by atomic mass is 10.1. The van der Waals surface area contributed by atoms with Crippen LogP contribution in [-0.2, 0) is 0 Å². The summed E-state index contributed by atoms with van der Waals surface area (Å²) in [6.07, 6.45) is 1.49. The van der Waals surface area contributed by atoms with E-state index in [9.17, 15) is 10.1 Å². The van der Waals surface area contributed by atoms with Gasteiger partial charge in [0.05, 0.1) is 22.3 Å². The summed E-state index contributed by atoms with van der Waals surface area (Å²) in [4.78, 5) is 10.4. The zero-order valence-electron chi connectivity index (χ0n) is 11.2. The van der Waals surface area contributed by atoms with Crippen molar-refractivity contribution in [3.63, 3.8) is 0 Å². The standard InChI is InChI=1S/C15H9N5O2/c16-8-12-6-14(15(20(21)22)7-13(12)9-17)19-18-10-11-4-2-1-3-5-11/h1-7,10,19H. The largest absolute Gasteiger partial charge is 0.295 e. The number of nitro benzene ring substituents is 1. The molecule has 2 rings (SSSR count). The molecule has 2 aromatic rings. The Kier molecular flexibility index (Phi) is 4.43. The molecular weight excluding hydrogens is 282 g/mol. The van der Waals surface area contributed by atoms with Crippen LogP contribution >= 0.6 is 0 Å². The van der Waals surface area contributed by atoms with Gasteiger partial charge < -0.3 is 0 Å². The predicted molar refractivity (Wildman–Crippen MR) is 80.2 cm³/mol. The van der Waals surface area contributed by atoms with Crippen LogP contribution in [-0.4, -0.2) is 11.1 Å². The summed E-state index contributed by atoms with van der Waals surface area (Å²) in [7, 11) is 0. The lowest BCUT2D eigenvalue weighted by Gasteiger charge is -2.04. The molecule has 0 saturated carbocycles. The van der Waals surface area contributed by atoms with Gasteiger partial charge in [-0.25, -0.2) is 0 Å². The molecule has 0 radical (unpaired) electrons. The van der Waals surface area contributed by atoms with E-state index in [0.717, 1.165) is 11.6 Å². The first kappa shape index (κ1) is 14.7. The number of nitro groups is 1. The topological polar surface area (TPSA) is 115 Å². The number of benzene rings is 2. The first-order valence-corrected chi connectivity index (χ1v) is 6.12. The maximum atomic E-state index is 11.0. The van der Waals surface area contributed by atoms with Crippen molar-refractivity contribution in [3.05, 3.63) is 69.3 Å². The third-order valence-electron chi connectivity index (χ3n) is 2.77. The monoisotopic (exact) mass is 291 g/mol. The Morgan fingerprint density at radius 1 is 1.14 bits per heavy atom. The maximum Gasteiger partial charge on any atom is 0.295 e. The summed E-state index contributed by atoms with van der Waals surface area (Å²) in [6, 6.07) is 15.0. The normalized spacial score (nSPS) is 9.91. The minimum absolute atomic E-state index is 0.0468. The van der Waals surface area contributed by atoms with Gasteiger partial charge in [0.25, 0.3) is 5.69 Å². The van der Waals surface area contributed by atoms with Gasteiger partial charge in [-0.3, -0.25) is 15.5 Å². The second-order valence-corrected chi connectivity index (χ2v) is 4.18. The van der Waals surface area contributed by atoms with E-state index in [0.29, 0.717) is 0 Å². The van der Waals surface area contributed by atoms with Gasteiger partial charge >= 0.3 is 0 Å². The molecule has 0 spiro atoms. The molecule has 7 nitrogen and oxygen atoms in total. The van der Waals surface area contributed by atoms with Gasteiger partial charge in [-0.2, -0.15) is 15.6 Å². The van der Waals surface area contributed by atoms with Crippen LogP contribution in [0, 0.1) is 32.8 Å². The summed E-state index contributed by atoms with van der Waals surface area (Å²) in [5.41, 5.74) is 3.08. The molecule has 0 aliphatic carbocycles. The highest BCUT2D eigenvalue weighted by atomic mass is 16.6. The van der Waals surface area contributed by atoms with Crippen LogP contribution < -0.4 is 5.43 Å². The van der Waals surface area contributed by atoms with Gasteiger partial charge in [-0.1, -0.05) is 30.3 Å². The van der Waals surface area contributed by atoms with Gasteiger partial charge in [0.1, 0.15) is 17.8 Å². The SMILES string of the molecule is N#Cc1cc(NN=Cc2ccccc2)c([N+](=O)[O-])cc1C#N. The van der Waals surface area contributed by atoms with Gasteiger partial charge in [-0.05, 0) is 11.6 Å². The van der Waals surface area contributed by atoms with Crippen molar-refractivity contribution < 1.29 is 4.92 Å². The minimum atomic E-state index is -0.637. The van der Waals surface area contributed by atoms with E-state index in [1.54, 1.807) is 6.07 Å². The van der Waals surface area contributed by atoms with E-state index in [1.807, 2.05) is 36.4 Å². The average molecular weight is 291 g/mol. The number of anilines is 1. The average Bonchev–Trinajstić information content (AvgIpc) is 2.55. The van der Waals surface area contributed by atoms with Crippen LogP contribution in [0.3, 0.4) is 0 Å². The molecule has 0 saturated heterocycles. The molecule has 0 aliphatic heterocycles. The van der Waals surface area contributed by atoms with Crippen molar-refractivity contribution >= 4 is 17.6 Å². The van der Waals surface area contributed by atoms with E-state index >= 15 is 0 Å². The highest BCUT2D eigenvalue weighted by Gasteiger charge is 2.18. The second kappa shape index (κ2) is 6.64. The van der Waals surface area contributed by atoms with E-state index in [4.69, 9.17) is 10.5 Å².